The molecular formula is C45H77N3O12. The van der Waals surface area contributed by atoms with Gasteiger partial charge in [-0.05, 0) is 38.5 Å². The molecule has 3 fully saturated rings. The maximum Gasteiger partial charge on any atom is 0.223 e. The Labute approximate surface area is 359 Å². The molecule has 3 amide bonds. The van der Waals surface area contributed by atoms with E-state index in [1.165, 1.54) is 0 Å². The first kappa shape index (κ1) is 51.5. The number of amides is 3. The molecule has 15 nitrogen and oxygen atoms in total. The van der Waals surface area contributed by atoms with Gasteiger partial charge in [0, 0.05) is 115 Å². The monoisotopic (exact) mass is 852 g/mol. The first-order valence-electron chi connectivity index (χ1n) is 22.6. The maximum atomic E-state index is 13.5. The van der Waals surface area contributed by atoms with Gasteiger partial charge in [0.25, 0.3) is 0 Å². The van der Waals surface area contributed by atoms with Gasteiger partial charge in [0.05, 0.1) is 33.0 Å². The van der Waals surface area contributed by atoms with Crippen LogP contribution in [0.1, 0.15) is 101 Å². The molecule has 15 heteroatoms. The number of hydrogen-bond donors (Lipinski definition) is 0. The molecule has 0 aromatic heterocycles. The van der Waals surface area contributed by atoms with Crippen LogP contribution in [0.15, 0.2) is 0 Å². The minimum absolute atomic E-state index is 0.00116. The fraction of sp³-hybridized carbons (Fsp3) is 0.867. The van der Waals surface area contributed by atoms with Crippen molar-refractivity contribution in [2.75, 3.05) is 92.1 Å². The van der Waals surface area contributed by atoms with Crippen LogP contribution >= 0.6 is 0 Å². The zero-order chi connectivity index (χ0) is 44.4. The minimum atomic E-state index is -0.866. The molecule has 0 spiro atoms. The number of ketones is 3. The van der Waals surface area contributed by atoms with Gasteiger partial charge in [-0.2, -0.15) is 0 Å². The summed E-state index contributed by atoms with van der Waals surface area (Å²) in [5, 5.41) is 0. The van der Waals surface area contributed by atoms with Crippen molar-refractivity contribution >= 4 is 35.1 Å². The smallest absolute Gasteiger partial charge is 0.223 e. The number of ether oxygens (including phenoxy) is 6. The van der Waals surface area contributed by atoms with Crippen molar-refractivity contribution in [2.45, 2.75) is 125 Å². The summed E-state index contributed by atoms with van der Waals surface area (Å²) < 4.78 is 37.6. The van der Waals surface area contributed by atoms with E-state index >= 15 is 0 Å². The number of hydrogen-bond acceptors (Lipinski definition) is 12. The molecule has 344 valence electrons. The molecule has 7 unspecified atom stereocenters. The van der Waals surface area contributed by atoms with E-state index in [-0.39, 0.29) is 125 Å². The number of carbonyl (C=O) groups excluding carboxylic acids is 6. The summed E-state index contributed by atoms with van der Waals surface area (Å²) in [5.74, 6) is -0.484. The van der Waals surface area contributed by atoms with Gasteiger partial charge in [0.1, 0.15) is 41.8 Å². The van der Waals surface area contributed by atoms with Crippen molar-refractivity contribution in [2.24, 2.45) is 35.5 Å². The van der Waals surface area contributed by atoms with Gasteiger partial charge in [-0.15, -0.1) is 0 Å². The number of carbonyl (C=O) groups is 6. The molecule has 0 aliphatic carbocycles. The van der Waals surface area contributed by atoms with Gasteiger partial charge in [0.2, 0.25) is 17.7 Å². The van der Waals surface area contributed by atoms with Crippen molar-refractivity contribution in [1.82, 2.24) is 14.7 Å². The molecule has 0 N–H and O–H groups in total. The SMILES string of the molecule is CCOCC(OCC)C(OCCC(=O)C1CC(=O)N(CC(C)C)C1)C(OCCC(=O)C1CC(=O)N(CC(C)C)C1)C(COCCC(=O)C1CC(=O)N(CC(C)C)C1)OCC. The average molecular weight is 852 g/mol. The second-order valence-electron chi connectivity index (χ2n) is 17.8. The minimum Gasteiger partial charge on any atom is -0.379 e. The summed E-state index contributed by atoms with van der Waals surface area (Å²) in [7, 11) is 0. The second-order valence-corrected chi connectivity index (χ2v) is 17.8. The Bertz CT molecular complexity index is 1370. The topological polar surface area (TPSA) is 168 Å². The summed E-state index contributed by atoms with van der Waals surface area (Å²) in [6.07, 6.45) is -2.27. The predicted molar refractivity (Wildman–Crippen MR) is 225 cm³/mol. The van der Waals surface area contributed by atoms with Crippen LogP contribution in [0, 0.1) is 35.5 Å². The van der Waals surface area contributed by atoms with Gasteiger partial charge in [0.15, 0.2) is 0 Å². The maximum absolute atomic E-state index is 13.5. The van der Waals surface area contributed by atoms with Crippen LogP contribution in [0.2, 0.25) is 0 Å². The fourth-order valence-corrected chi connectivity index (χ4v) is 8.36. The van der Waals surface area contributed by atoms with Crippen LogP contribution in [0.25, 0.3) is 0 Å². The van der Waals surface area contributed by atoms with E-state index in [9.17, 15) is 28.8 Å². The molecule has 3 aliphatic rings. The molecule has 3 aliphatic heterocycles. The van der Waals surface area contributed by atoms with Crippen LogP contribution in [-0.2, 0) is 57.2 Å². The highest BCUT2D eigenvalue weighted by atomic mass is 16.6. The van der Waals surface area contributed by atoms with Gasteiger partial charge in [-0.25, -0.2) is 0 Å². The Hall–Kier alpha value is -2.82. The zero-order valence-electron chi connectivity index (χ0n) is 38.2. The molecule has 0 aromatic rings. The number of likely N-dealkylation sites (tertiary alicyclic amines) is 3. The van der Waals surface area contributed by atoms with Crippen molar-refractivity contribution in [3.63, 3.8) is 0 Å². The summed E-state index contributed by atoms with van der Waals surface area (Å²) in [4.78, 5) is 83.3. The Morgan fingerprint density at radius 2 is 0.833 bits per heavy atom. The Balaban J connectivity index is 1.79. The number of Topliss-reactive ketones (excluding diaryl/α,β-unsaturated/α-hetero) is 3. The Morgan fingerprint density at radius 3 is 1.15 bits per heavy atom. The summed E-state index contributed by atoms with van der Waals surface area (Å²) in [6, 6.07) is 0. The summed E-state index contributed by atoms with van der Waals surface area (Å²) in [5.41, 5.74) is 0. The third-order valence-electron chi connectivity index (χ3n) is 11.2. The van der Waals surface area contributed by atoms with Gasteiger partial charge in [-0.1, -0.05) is 41.5 Å². The van der Waals surface area contributed by atoms with Crippen molar-refractivity contribution in [3.8, 4) is 0 Å². The van der Waals surface area contributed by atoms with Crippen LogP contribution in [0.3, 0.4) is 0 Å². The number of rotatable bonds is 32. The fourth-order valence-electron chi connectivity index (χ4n) is 8.36. The molecule has 0 saturated carbocycles. The van der Waals surface area contributed by atoms with Crippen LogP contribution < -0.4 is 0 Å². The summed E-state index contributed by atoms with van der Waals surface area (Å²) in [6.45, 7) is 22.2. The van der Waals surface area contributed by atoms with Crippen molar-refractivity contribution in [3.05, 3.63) is 0 Å². The normalized spacial score (nSPS) is 21.9. The first-order chi connectivity index (χ1) is 28.6. The van der Waals surface area contributed by atoms with E-state index in [2.05, 4.69) is 0 Å². The average Bonchev–Trinajstić information content (AvgIpc) is 3.86. The predicted octanol–water partition coefficient (Wildman–Crippen LogP) is 4.01. The van der Waals surface area contributed by atoms with E-state index in [0.717, 1.165) is 0 Å². The molecule has 7 atom stereocenters. The van der Waals surface area contributed by atoms with Crippen molar-refractivity contribution < 1.29 is 57.2 Å². The molecule has 0 aromatic carbocycles. The van der Waals surface area contributed by atoms with E-state index in [1.54, 1.807) is 14.7 Å². The van der Waals surface area contributed by atoms with Gasteiger partial charge >= 0.3 is 0 Å². The molecule has 0 radical (unpaired) electrons. The molecule has 0 bridgehead atoms. The quantitative estimate of drug-likeness (QED) is 0.0895. The van der Waals surface area contributed by atoms with E-state index in [0.29, 0.717) is 64.3 Å². The zero-order valence-corrected chi connectivity index (χ0v) is 38.2. The van der Waals surface area contributed by atoms with E-state index < -0.39 is 36.3 Å². The highest BCUT2D eigenvalue weighted by Gasteiger charge is 2.41. The Morgan fingerprint density at radius 1 is 0.500 bits per heavy atom. The lowest BCUT2D eigenvalue weighted by molar-refractivity contribution is -0.196. The molecule has 60 heavy (non-hydrogen) atoms. The summed E-state index contributed by atoms with van der Waals surface area (Å²) >= 11 is 0. The lowest BCUT2D eigenvalue weighted by Gasteiger charge is -2.37. The van der Waals surface area contributed by atoms with Gasteiger partial charge in [-0.3, -0.25) is 28.8 Å². The van der Waals surface area contributed by atoms with E-state index in [4.69, 9.17) is 28.4 Å². The third-order valence-corrected chi connectivity index (χ3v) is 11.2. The van der Waals surface area contributed by atoms with Crippen molar-refractivity contribution in [1.29, 1.82) is 0 Å². The number of nitrogens with zero attached hydrogens (tertiary/aromatic N) is 3. The van der Waals surface area contributed by atoms with Crippen LogP contribution in [0.5, 0.6) is 0 Å². The van der Waals surface area contributed by atoms with Crippen LogP contribution in [-0.4, -0.2) is 166 Å². The highest BCUT2D eigenvalue weighted by Crippen LogP contribution is 2.26. The Kier molecular flexibility index (Phi) is 22.9. The second kappa shape index (κ2) is 26.6. The first-order valence-corrected chi connectivity index (χ1v) is 22.6. The molecule has 3 rings (SSSR count). The molecule has 3 heterocycles. The largest absolute Gasteiger partial charge is 0.379 e. The lowest BCUT2D eigenvalue weighted by atomic mass is 9.99. The highest BCUT2D eigenvalue weighted by molar-refractivity contribution is 5.91. The van der Waals surface area contributed by atoms with Gasteiger partial charge < -0.3 is 43.1 Å². The van der Waals surface area contributed by atoms with E-state index in [1.807, 2.05) is 62.3 Å². The lowest BCUT2D eigenvalue weighted by Crippen LogP contribution is -2.53. The van der Waals surface area contributed by atoms with Crippen LogP contribution in [0.4, 0.5) is 0 Å². The standard InChI is InChI=1S/C45H77N3O12/c1-10-55-28-39(57-11-2)44(59-17-14-37(50)34-20-42(53)47(26-34)23-31(6)7)45(60-18-15-38(51)35-21-43(54)48(27-35)24-32(8)9)40(58-12-3)29-56-16-13-36(49)33-19-41(52)46(25-33)22-30(4)5/h30-35,39-40,44-45H,10-29H2,1-9H3. The third kappa shape index (κ3) is 16.8. The molecule has 3 saturated heterocycles. The molecular weight excluding hydrogens is 775 g/mol.